The van der Waals surface area contributed by atoms with Crippen molar-refractivity contribution < 1.29 is 9.59 Å². The zero-order valence-electron chi connectivity index (χ0n) is 9.57. The Hall–Kier alpha value is -2.08. The number of anilines is 2. The van der Waals surface area contributed by atoms with Crippen molar-refractivity contribution in [1.82, 2.24) is 0 Å². The quantitative estimate of drug-likeness (QED) is 0.617. The molecule has 1 aromatic carbocycles. The minimum absolute atomic E-state index is 0.136. The van der Waals surface area contributed by atoms with Crippen molar-refractivity contribution in [3.8, 4) is 0 Å². The van der Waals surface area contributed by atoms with Crippen molar-refractivity contribution in [3.63, 3.8) is 0 Å². The Morgan fingerprint density at radius 3 is 2.06 bits per heavy atom. The number of hydrogen-bond donors (Lipinski definition) is 4. The third-order valence-electron chi connectivity index (χ3n) is 2.22. The molecule has 1 aromatic rings. The summed E-state index contributed by atoms with van der Waals surface area (Å²) in [6, 6.07) is 6.01. The molecule has 0 aliphatic rings. The second-order valence-electron chi connectivity index (χ2n) is 3.69. The topological polar surface area (TPSA) is 110 Å². The van der Waals surface area contributed by atoms with E-state index in [4.69, 9.17) is 11.5 Å². The number of carbonyl (C=O) groups excluding carboxylic acids is 2. The van der Waals surface area contributed by atoms with Crippen molar-refractivity contribution in [3.05, 3.63) is 24.3 Å². The highest BCUT2D eigenvalue weighted by molar-refractivity contribution is 5.93. The van der Waals surface area contributed by atoms with Crippen molar-refractivity contribution in [2.24, 2.45) is 17.4 Å². The van der Waals surface area contributed by atoms with Crippen molar-refractivity contribution in [2.45, 2.75) is 6.92 Å². The molecule has 0 heterocycles. The minimum Gasteiger partial charge on any atom is -0.351 e. The summed E-state index contributed by atoms with van der Waals surface area (Å²) in [5, 5.41) is 5.14. The lowest BCUT2D eigenvalue weighted by Crippen LogP contribution is -2.26. The third-order valence-corrected chi connectivity index (χ3v) is 2.22. The summed E-state index contributed by atoms with van der Waals surface area (Å²) in [6.45, 7) is 2.05. The van der Waals surface area contributed by atoms with E-state index < -0.39 is 6.03 Å². The molecule has 17 heavy (non-hydrogen) atoms. The molecule has 1 unspecified atom stereocenters. The minimum atomic E-state index is -0.626. The molecule has 1 rings (SSSR count). The van der Waals surface area contributed by atoms with Crippen LogP contribution < -0.4 is 22.1 Å². The van der Waals surface area contributed by atoms with E-state index >= 15 is 0 Å². The van der Waals surface area contributed by atoms with E-state index in [2.05, 4.69) is 10.6 Å². The number of carbonyl (C=O) groups is 2. The number of rotatable bonds is 4. The van der Waals surface area contributed by atoms with Gasteiger partial charge < -0.3 is 22.1 Å². The third kappa shape index (κ3) is 4.12. The van der Waals surface area contributed by atoms with Crippen LogP contribution in [0, 0.1) is 5.92 Å². The second-order valence-corrected chi connectivity index (χ2v) is 3.69. The number of amides is 3. The Balaban J connectivity index is 2.62. The van der Waals surface area contributed by atoms with E-state index in [1.807, 2.05) is 0 Å². The molecule has 6 N–H and O–H groups in total. The predicted molar refractivity (Wildman–Crippen MR) is 66.5 cm³/mol. The first-order valence-corrected chi connectivity index (χ1v) is 5.20. The Morgan fingerprint density at radius 2 is 1.65 bits per heavy atom. The summed E-state index contributed by atoms with van der Waals surface area (Å²) >= 11 is 0. The number of nitrogens with two attached hydrogens (primary N) is 2. The molecule has 0 saturated carbocycles. The van der Waals surface area contributed by atoms with E-state index in [0.717, 1.165) is 0 Å². The molecule has 3 amide bonds. The molecule has 0 bridgehead atoms. The molecule has 6 heteroatoms. The molecule has 6 nitrogen and oxygen atoms in total. The van der Waals surface area contributed by atoms with Gasteiger partial charge in [0, 0.05) is 23.8 Å². The van der Waals surface area contributed by atoms with Gasteiger partial charge in [-0.2, -0.15) is 0 Å². The fraction of sp³-hybridized carbons (Fsp3) is 0.273. The lowest BCUT2D eigenvalue weighted by Gasteiger charge is -2.10. The maximum absolute atomic E-state index is 11.5. The standard InChI is InChI=1S/C11H16N4O2/c1-7(6-12)10(16)14-8-2-4-9(5-3-8)15-11(13)17/h2-5,7H,6,12H2,1H3,(H,14,16)(H3,13,15,17). The zero-order valence-corrected chi connectivity index (χ0v) is 9.57. The monoisotopic (exact) mass is 236 g/mol. The van der Waals surface area contributed by atoms with Gasteiger partial charge in [0.2, 0.25) is 5.91 Å². The number of nitrogens with one attached hydrogen (secondary N) is 2. The lowest BCUT2D eigenvalue weighted by atomic mass is 10.1. The zero-order chi connectivity index (χ0) is 12.8. The van der Waals surface area contributed by atoms with E-state index in [1.54, 1.807) is 31.2 Å². The largest absolute Gasteiger partial charge is 0.351 e. The summed E-state index contributed by atoms with van der Waals surface area (Å²) < 4.78 is 0. The van der Waals surface area contributed by atoms with Crippen molar-refractivity contribution in [1.29, 1.82) is 0 Å². The van der Waals surface area contributed by atoms with Crippen LogP contribution in [-0.4, -0.2) is 18.5 Å². The summed E-state index contributed by atoms with van der Waals surface area (Å²) in [7, 11) is 0. The van der Waals surface area contributed by atoms with Crippen molar-refractivity contribution >= 4 is 23.3 Å². The summed E-state index contributed by atoms with van der Waals surface area (Å²) in [6.07, 6.45) is 0. The Labute approximate surface area is 99.4 Å². The predicted octanol–water partition coefficient (Wildman–Crippen LogP) is 0.710. The molecule has 0 aromatic heterocycles. The van der Waals surface area contributed by atoms with Gasteiger partial charge in [-0.15, -0.1) is 0 Å². The highest BCUT2D eigenvalue weighted by atomic mass is 16.2. The van der Waals surface area contributed by atoms with Crippen LogP contribution in [0.3, 0.4) is 0 Å². The van der Waals surface area contributed by atoms with Crippen molar-refractivity contribution in [2.75, 3.05) is 17.2 Å². The van der Waals surface area contributed by atoms with Crippen LogP contribution in [0.25, 0.3) is 0 Å². The molecular weight excluding hydrogens is 220 g/mol. The van der Waals surface area contributed by atoms with Gasteiger partial charge in [-0.25, -0.2) is 4.79 Å². The highest BCUT2D eigenvalue weighted by Gasteiger charge is 2.10. The lowest BCUT2D eigenvalue weighted by molar-refractivity contribution is -0.119. The number of benzene rings is 1. The van der Waals surface area contributed by atoms with E-state index in [-0.39, 0.29) is 11.8 Å². The second kappa shape index (κ2) is 5.86. The van der Waals surface area contributed by atoms with Crippen LogP contribution in [0.4, 0.5) is 16.2 Å². The van der Waals surface area contributed by atoms with E-state index in [9.17, 15) is 9.59 Å². The fourth-order valence-corrected chi connectivity index (χ4v) is 1.15. The van der Waals surface area contributed by atoms with E-state index in [0.29, 0.717) is 17.9 Å². The molecule has 0 aliphatic carbocycles. The molecule has 1 atom stereocenters. The van der Waals surface area contributed by atoms with Gasteiger partial charge in [0.1, 0.15) is 0 Å². The maximum atomic E-state index is 11.5. The molecule has 0 spiro atoms. The summed E-state index contributed by atoms with van der Waals surface area (Å²) in [5.41, 5.74) is 11.6. The van der Waals surface area contributed by atoms with Crippen LogP contribution >= 0.6 is 0 Å². The van der Waals surface area contributed by atoms with E-state index in [1.165, 1.54) is 0 Å². The Kier molecular flexibility index (Phi) is 4.47. The molecule has 0 aliphatic heterocycles. The first-order valence-electron chi connectivity index (χ1n) is 5.20. The van der Waals surface area contributed by atoms with Gasteiger partial charge >= 0.3 is 6.03 Å². The number of urea groups is 1. The normalized spacial score (nSPS) is 11.6. The fourth-order valence-electron chi connectivity index (χ4n) is 1.15. The average Bonchev–Trinajstić information content (AvgIpc) is 2.30. The van der Waals surface area contributed by atoms with Crippen LogP contribution in [0.15, 0.2) is 24.3 Å². The smallest absolute Gasteiger partial charge is 0.316 e. The molecule has 0 radical (unpaired) electrons. The molecule has 0 fully saturated rings. The highest BCUT2D eigenvalue weighted by Crippen LogP contribution is 2.14. The van der Waals surface area contributed by atoms with Gasteiger partial charge in [-0.05, 0) is 24.3 Å². The van der Waals surface area contributed by atoms with Crippen LogP contribution in [0.2, 0.25) is 0 Å². The number of hydrogen-bond acceptors (Lipinski definition) is 3. The summed E-state index contributed by atoms with van der Waals surface area (Å²) in [4.78, 5) is 22.1. The van der Waals surface area contributed by atoms with Crippen LogP contribution in [0.1, 0.15) is 6.92 Å². The molecular formula is C11H16N4O2. The van der Waals surface area contributed by atoms with Gasteiger partial charge in [0.25, 0.3) is 0 Å². The van der Waals surface area contributed by atoms with Gasteiger partial charge in [0.05, 0.1) is 0 Å². The summed E-state index contributed by atoms with van der Waals surface area (Å²) in [5.74, 6) is -0.374. The molecule has 0 saturated heterocycles. The van der Waals surface area contributed by atoms with Gasteiger partial charge in [-0.1, -0.05) is 6.92 Å². The Morgan fingerprint density at radius 1 is 1.18 bits per heavy atom. The first-order chi connectivity index (χ1) is 8.02. The average molecular weight is 236 g/mol. The van der Waals surface area contributed by atoms with Crippen LogP contribution in [-0.2, 0) is 4.79 Å². The van der Waals surface area contributed by atoms with Crippen LogP contribution in [0.5, 0.6) is 0 Å². The van der Waals surface area contributed by atoms with Gasteiger partial charge in [-0.3, -0.25) is 4.79 Å². The number of primary amides is 1. The van der Waals surface area contributed by atoms with Gasteiger partial charge in [0.15, 0.2) is 0 Å². The Bertz CT molecular complexity index is 402. The first kappa shape index (κ1) is 13.0. The maximum Gasteiger partial charge on any atom is 0.316 e. The SMILES string of the molecule is CC(CN)C(=O)Nc1ccc(NC(N)=O)cc1. The molecule has 92 valence electrons.